The van der Waals surface area contributed by atoms with E-state index in [4.69, 9.17) is 23.2 Å². The van der Waals surface area contributed by atoms with Gasteiger partial charge in [0.25, 0.3) is 0 Å². The Bertz CT molecular complexity index is 497. The average molecular weight is 466 g/mol. The third kappa shape index (κ3) is 8.18. The lowest BCUT2D eigenvalue weighted by Crippen LogP contribution is -2.54. The standard InChI is InChI=1S/C18H27Cl2N3.3ClH/c19-15-11-16(20)13-17(12-15)21-6-2-4-7-22-9-10-23-8-3-1-5-18(23)14-22;;;/h11-13,18,21H,1-10,14H2;3*1H. The fourth-order valence-electron chi connectivity index (χ4n) is 3.77. The number of fused-ring (bicyclic) bond motifs is 1. The van der Waals surface area contributed by atoms with Crippen LogP contribution in [0.3, 0.4) is 0 Å². The molecular weight excluding hydrogens is 435 g/mol. The Hall–Kier alpha value is 0.390. The predicted molar refractivity (Wildman–Crippen MR) is 122 cm³/mol. The summed E-state index contributed by atoms with van der Waals surface area (Å²) < 4.78 is 0. The minimum atomic E-state index is 0. The van der Waals surface area contributed by atoms with Crippen molar-refractivity contribution < 1.29 is 0 Å². The summed E-state index contributed by atoms with van der Waals surface area (Å²) in [5.74, 6) is 0. The smallest absolute Gasteiger partial charge is 0.0441 e. The zero-order valence-electron chi connectivity index (χ0n) is 15.0. The van der Waals surface area contributed by atoms with Crippen LogP contribution in [0.25, 0.3) is 0 Å². The van der Waals surface area contributed by atoms with Crippen LogP contribution in [0, 0.1) is 0 Å². The van der Waals surface area contributed by atoms with Crippen molar-refractivity contribution in [2.45, 2.75) is 38.1 Å². The molecule has 0 radical (unpaired) electrons. The summed E-state index contributed by atoms with van der Waals surface area (Å²) in [4.78, 5) is 5.35. The molecule has 1 N–H and O–H groups in total. The molecule has 8 heteroatoms. The highest BCUT2D eigenvalue weighted by Gasteiger charge is 2.28. The van der Waals surface area contributed by atoms with Crippen molar-refractivity contribution in [3.63, 3.8) is 0 Å². The fourth-order valence-corrected chi connectivity index (χ4v) is 4.30. The van der Waals surface area contributed by atoms with E-state index in [0.29, 0.717) is 10.0 Å². The lowest BCUT2D eigenvalue weighted by Gasteiger charge is -2.44. The summed E-state index contributed by atoms with van der Waals surface area (Å²) in [5.41, 5.74) is 1.01. The molecule has 1 atom stereocenters. The fraction of sp³-hybridized carbons (Fsp3) is 0.667. The average Bonchev–Trinajstić information content (AvgIpc) is 2.53. The van der Waals surface area contributed by atoms with Gasteiger partial charge >= 0.3 is 0 Å². The van der Waals surface area contributed by atoms with Crippen LogP contribution in [0.15, 0.2) is 18.2 Å². The van der Waals surface area contributed by atoms with Crippen LogP contribution in [-0.4, -0.2) is 55.1 Å². The van der Waals surface area contributed by atoms with E-state index in [2.05, 4.69) is 15.1 Å². The number of unbranched alkanes of at least 4 members (excludes halogenated alkanes) is 1. The van der Waals surface area contributed by atoms with Crippen molar-refractivity contribution in [3.8, 4) is 0 Å². The van der Waals surface area contributed by atoms with Gasteiger partial charge in [0.05, 0.1) is 0 Å². The van der Waals surface area contributed by atoms with Gasteiger partial charge < -0.3 is 10.2 Å². The van der Waals surface area contributed by atoms with E-state index < -0.39 is 0 Å². The Balaban J connectivity index is 0.00000208. The molecule has 1 unspecified atom stereocenters. The number of anilines is 1. The molecule has 3 nitrogen and oxygen atoms in total. The first-order chi connectivity index (χ1) is 11.2. The first-order valence-electron chi connectivity index (χ1n) is 8.87. The second kappa shape index (κ2) is 13.5. The summed E-state index contributed by atoms with van der Waals surface area (Å²) in [6, 6.07) is 6.44. The highest BCUT2D eigenvalue weighted by molar-refractivity contribution is 6.35. The minimum Gasteiger partial charge on any atom is -0.385 e. The lowest BCUT2D eigenvalue weighted by molar-refractivity contribution is 0.0488. The van der Waals surface area contributed by atoms with Gasteiger partial charge in [-0.15, -0.1) is 37.2 Å². The van der Waals surface area contributed by atoms with Gasteiger partial charge in [0, 0.05) is 48.0 Å². The van der Waals surface area contributed by atoms with E-state index in [1.807, 2.05) is 12.1 Å². The van der Waals surface area contributed by atoms with E-state index in [-0.39, 0.29) is 37.2 Å². The number of piperazine rings is 1. The van der Waals surface area contributed by atoms with Crippen LogP contribution >= 0.6 is 60.4 Å². The molecule has 2 aliphatic rings. The Morgan fingerprint density at radius 1 is 0.923 bits per heavy atom. The topological polar surface area (TPSA) is 18.5 Å². The minimum absolute atomic E-state index is 0. The van der Waals surface area contributed by atoms with Gasteiger partial charge in [-0.25, -0.2) is 0 Å². The summed E-state index contributed by atoms with van der Waals surface area (Å²) in [7, 11) is 0. The second-order valence-electron chi connectivity index (χ2n) is 6.78. The van der Waals surface area contributed by atoms with Gasteiger partial charge in [-0.05, 0) is 57.0 Å². The van der Waals surface area contributed by atoms with E-state index in [1.54, 1.807) is 6.07 Å². The highest BCUT2D eigenvalue weighted by Crippen LogP contribution is 2.23. The van der Waals surface area contributed by atoms with Crippen LogP contribution in [0.2, 0.25) is 10.0 Å². The Kier molecular flexibility index (Phi) is 13.8. The number of nitrogens with zero attached hydrogens (tertiary/aromatic N) is 2. The number of benzene rings is 1. The zero-order chi connectivity index (χ0) is 16.1. The third-order valence-corrected chi connectivity index (χ3v) is 5.45. The molecule has 2 aliphatic heterocycles. The maximum absolute atomic E-state index is 6.01. The van der Waals surface area contributed by atoms with Crippen molar-refractivity contribution in [1.29, 1.82) is 0 Å². The maximum Gasteiger partial charge on any atom is 0.0441 e. The second-order valence-corrected chi connectivity index (χ2v) is 7.65. The van der Waals surface area contributed by atoms with Crippen LogP contribution in [0.4, 0.5) is 5.69 Å². The number of hydrogen-bond donors (Lipinski definition) is 1. The van der Waals surface area contributed by atoms with E-state index >= 15 is 0 Å². The van der Waals surface area contributed by atoms with E-state index in [1.165, 1.54) is 64.8 Å². The number of nitrogens with one attached hydrogen (secondary N) is 1. The van der Waals surface area contributed by atoms with Gasteiger partial charge in [-0.3, -0.25) is 4.90 Å². The van der Waals surface area contributed by atoms with E-state index in [9.17, 15) is 0 Å². The summed E-state index contributed by atoms with van der Waals surface area (Å²) in [6.07, 6.45) is 6.63. The number of hydrogen-bond acceptors (Lipinski definition) is 3. The van der Waals surface area contributed by atoms with Gasteiger partial charge in [-0.2, -0.15) is 0 Å². The molecule has 2 saturated heterocycles. The summed E-state index contributed by atoms with van der Waals surface area (Å²) in [5, 5.41) is 4.78. The van der Waals surface area contributed by atoms with Crippen molar-refractivity contribution >= 4 is 66.1 Å². The van der Waals surface area contributed by atoms with Gasteiger partial charge in [0.2, 0.25) is 0 Å². The zero-order valence-corrected chi connectivity index (χ0v) is 18.9. The molecule has 0 saturated carbocycles. The van der Waals surface area contributed by atoms with Crippen molar-refractivity contribution in [3.05, 3.63) is 28.2 Å². The number of piperidine rings is 1. The largest absolute Gasteiger partial charge is 0.385 e. The van der Waals surface area contributed by atoms with Crippen molar-refractivity contribution in [1.82, 2.24) is 9.80 Å². The SMILES string of the molecule is Cl.Cl.Cl.Clc1cc(Cl)cc(NCCCCN2CCN3CCCCC3C2)c1. The molecule has 2 fully saturated rings. The molecule has 0 bridgehead atoms. The predicted octanol–water partition coefficient (Wildman–Crippen LogP) is 5.62. The van der Waals surface area contributed by atoms with Crippen molar-refractivity contribution in [2.24, 2.45) is 0 Å². The molecule has 2 heterocycles. The van der Waals surface area contributed by atoms with Gasteiger partial charge in [-0.1, -0.05) is 29.6 Å². The maximum atomic E-state index is 6.01. The molecule has 1 aromatic rings. The summed E-state index contributed by atoms with van der Waals surface area (Å²) in [6.45, 7) is 7.31. The molecule has 26 heavy (non-hydrogen) atoms. The van der Waals surface area contributed by atoms with Crippen LogP contribution < -0.4 is 5.32 Å². The van der Waals surface area contributed by atoms with E-state index in [0.717, 1.165) is 18.3 Å². The highest BCUT2D eigenvalue weighted by atomic mass is 35.5. The van der Waals surface area contributed by atoms with Crippen molar-refractivity contribution in [2.75, 3.05) is 44.6 Å². The Morgan fingerprint density at radius 2 is 1.65 bits per heavy atom. The number of rotatable bonds is 6. The number of halogens is 5. The first kappa shape index (κ1) is 26.4. The molecule has 0 aromatic heterocycles. The molecule has 0 aliphatic carbocycles. The monoisotopic (exact) mass is 463 g/mol. The Labute approximate surface area is 186 Å². The third-order valence-electron chi connectivity index (χ3n) is 5.01. The van der Waals surface area contributed by atoms with Crippen LogP contribution in [-0.2, 0) is 0 Å². The first-order valence-corrected chi connectivity index (χ1v) is 9.63. The molecule has 1 aromatic carbocycles. The van der Waals surface area contributed by atoms with Gasteiger partial charge in [0.1, 0.15) is 0 Å². The van der Waals surface area contributed by atoms with Crippen LogP contribution in [0.1, 0.15) is 32.1 Å². The molecule has 0 spiro atoms. The Morgan fingerprint density at radius 3 is 2.38 bits per heavy atom. The van der Waals surface area contributed by atoms with Crippen LogP contribution in [0.5, 0.6) is 0 Å². The molecular formula is C18H30Cl5N3. The van der Waals surface area contributed by atoms with Gasteiger partial charge in [0.15, 0.2) is 0 Å². The quantitative estimate of drug-likeness (QED) is 0.550. The lowest BCUT2D eigenvalue weighted by atomic mass is 9.99. The molecule has 152 valence electrons. The summed E-state index contributed by atoms with van der Waals surface area (Å²) >= 11 is 12.0. The normalized spacial score (nSPS) is 20.2. The molecule has 3 rings (SSSR count). The molecule has 0 amide bonds.